The van der Waals surface area contributed by atoms with E-state index < -0.39 is 0 Å². The molecular formula is C12H17ClN2O. The van der Waals surface area contributed by atoms with Gasteiger partial charge in [-0.1, -0.05) is 11.6 Å². The molecule has 1 aliphatic carbocycles. The Bertz CT molecular complexity index is 366. The molecule has 0 spiro atoms. The van der Waals surface area contributed by atoms with Crippen LogP contribution >= 0.6 is 11.6 Å². The molecule has 0 bridgehead atoms. The zero-order chi connectivity index (χ0) is 11.5. The first kappa shape index (κ1) is 11.8. The molecule has 2 rings (SSSR count). The van der Waals surface area contributed by atoms with Crippen LogP contribution in [0.1, 0.15) is 37.1 Å². The van der Waals surface area contributed by atoms with Crippen molar-refractivity contribution in [3.63, 3.8) is 0 Å². The second-order valence-electron chi connectivity index (χ2n) is 4.23. The predicted molar refractivity (Wildman–Crippen MR) is 64.5 cm³/mol. The second-order valence-corrected chi connectivity index (χ2v) is 4.64. The highest BCUT2D eigenvalue weighted by Gasteiger charge is 2.20. The molecule has 0 saturated heterocycles. The lowest BCUT2D eigenvalue weighted by molar-refractivity contribution is 0.116. The summed E-state index contributed by atoms with van der Waals surface area (Å²) in [6, 6.07) is 2.71. The minimum absolute atomic E-state index is 0.0111. The van der Waals surface area contributed by atoms with Crippen molar-refractivity contribution in [2.24, 2.45) is 0 Å². The molecule has 0 aliphatic heterocycles. The highest BCUT2D eigenvalue weighted by molar-refractivity contribution is 6.31. The molecule has 3 nitrogen and oxygen atoms in total. The molecule has 1 heterocycles. The molecule has 1 aliphatic rings. The van der Waals surface area contributed by atoms with Gasteiger partial charge in [-0.05, 0) is 31.4 Å². The number of ether oxygens (including phenoxy) is 1. The zero-order valence-corrected chi connectivity index (χ0v) is 10.4. The van der Waals surface area contributed by atoms with Gasteiger partial charge in [0.25, 0.3) is 0 Å². The average molecular weight is 241 g/mol. The number of methoxy groups -OCH3 is 1. The Morgan fingerprint density at radius 1 is 1.62 bits per heavy atom. The van der Waals surface area contributed by atoms with Crippen molar-refractivity contribution < 1.29 is 4.74 Å². The van der Waals surface area contributed by atoms with Crippen LogP contribution in [0, 0.1) is 0 Å². The van der Waals surface area contributed by atoms with Crippen molar-refractivity contribution >= 4 is 11.6 Å². The Hall–Kier alpha value is -0.640. The van der Waals surface area contributed by atoms with E-state index in [-0.39, 0.29) is 6.10 Å². The van der Waals surface area contributed by atoms with Crippen LogP contribution in [0.4, 0.5) is 0 Å². The summed E-state index contributed by atoms with van der Waals surface area (Å²) >= 11 is 6.10. The van der Waals surface area contributed by atoms with E-state index in [1.807, 2.05) is 13.0 Å². The first-order valence-corrected chi connectivity index (χ1v) is 5.99. The fourth-order valence-corrected chi connectivity index (χ4v) is 1.69. The fourth-order valence-electron chi connectivity index (χ4n) is 1.52. The van der Waals surface area contributed by atoms with Gasteiger partial charge in [0.2, 0.25) is 0 Å². The Morgan fingerprint density at radius 2 is 2.38 bits per heavy atom. The molecule has 0 amide bonds. The summed E-state index contributed by atoms with van der Waals surface area (Å²) in [5.41, 5.74) is 2.03. The summed E-state index contributed by atoms with van der Waals surface area (Å²) in [6.45, 7) is 2.80. The highest BCUT2D eigenvalue weighted by Crippen LogP contribution is 2.23. The maximum absolute atomic E-state index is 6.10. The Labute approximate surface area is 101 Å². The summed E-state index contributed by atoms with van der Waals surface area (Å²) in [7, 11) is 1.68. The average Bonchev–Trinajstić information content (AvgIpc) is 3.11. The predicted octanol–water partition coefficient (Wildman–Crippen LogP) is 2.69. The van der Waals surface area contributed by atoms with Gasteiger partial charge in [0.05, 0.1) is 16.8 Å². The SMILES string of the molecule is COC(C)c1cc(CNC2CC2)c(Cl)cn1. The van der Waals surface area contributed by atoms with Gasteiger partial charge in [0, 0.05) is 25.9 Å². The van der Waals surface area contributed by atoms with Gasteiger partial charge in [0.1, 0.15) is 0 Å². The molecule has 1 aromatic heterocycles. The van der Waals surface area contributed by atoms with E-state index in [2.05, 4.69) is 10.3 Å². The standard InChI is InChI=1S/C12H17ClN2O/c1-8(16-2)12-5-9(11(13)7-15-12)6-14-10-3-4-10/h5,7-8,10,14H,3-4,6H2,1-2H3. The molecule has 0 aromatic carbocycles. The monoisotopic (exact) mass is 240 g/mol. The molecule has 1 N–H and O–H groups in total. The largest absolute Gasteiger partial charge is 0.375 e. The van der Waals surface area contributed by atoms with Gasteiger partial charge < -0.3 is 10.1 Å². The van der Waals surface area contributed by atoms with Gasteiger partial charge in [-0.15, -0.1) is 0 Å². The van der Waals surface area contributed by atoms with Gasteiger partial charge >= 0.3 is 0 Å². The number of hydrogen-bond donors (Lipinski definition) is 1. The quantitative estimate of drug-likeness (QED) is 0.859. The first-order chi connectivity index (χ1) is 7.70. The number of aromatic nitrogens is 1. The third-order valence-electron chi connectivity index (χ3n) is 2.88. The van der Waals surface area contributed by atoms with Crippen LogP contribution in [0.3, 0.4) is 0 Å². The second kappa shape index (κ2) is 5.13. The lowest BCUT2D eigenvalue weighted by Crippen LogP contribution is -2.16. The molecule has 88 valence electrons. The molecule has 0 radical (unpaired) electrons. The summed E-state index contributed by atoms with van der Waals surface area (Å²) in [5, 5.41) is 4.17. The number of halogens is 1. The summed E-state index contributed by atoms with van der Waals surface area (Å²) in [5.74, 6) is 0. The van der Waals surface area contributed by atoms with Crippen LogP contribution in [-0.2, 0) is 11.3 Å². The lowest BCUT2D eigenvalue weighted by atomic mass is 10.1. The van der Waals surface area contributed by atoms with E-state index in [0.29, 0.717) is 6.04 Å². The number of nitrogens with one attached hydrogen (secondary N) is 1. The van der Waals surface area contributed by atoms with Gasteiger partial charge in [-0.25, -0.2) is 0 Å². The summed E-state index contributed by atoms with van der Waals surface area (Å²) < 4.78 is 5.24. The lowest BCUT2D eigenvalue weighted by Gasteiger charge is -2.12. The molecule has 1 fully saturated rings. The van der Waals surface area contributed by atoms with Crippen molar-refractivity contribution in [3.05, 3.63) is 28.5 Å². The van der Waals surface area contributed by atoms with Gasteiger partial charge in [-0.2, -0.15) is 0 Å². The minimum Gasteiger partial charge on any atom is -0.375 e. The minimum atomic E-state index is 0.0111. The zero-order valence-electron chi connectivity index (χ0n) is 9.66. The highest BCUT2D eigenvalue weighted by atomic mass is 35.5. The molecule has 1 unspecified atom stereocenters. The van der Waals surface area contributed by atoms with Crippen molar-refractivity contribution in [2.75, 3.05) is 7.11 Å². The number of pyridine rings is 1. The van der Waals surface area contributed by atoms with Crippen molar-refractivity contribution in [1.82, 2.24) is 10.3 Å². The van der Waals surface area contributed by atoms with E-state index in [0.717, 1.165) is 22.8 Å². The molecule has 1 atom stereocenters. The molecular weight excluding hydrogens is 224 g/mol. The van der Waals surface area contributed by atoms with E-state index in [4.69, 9.17) is 16.3 Å². The molecule has 1 aromatic rings. The van der Waals surface area contributed by atoms with Crippen molar-refractivity contribution in [1.29, 1.82) is 0 Å². The fraction of sp³-hybridized carbons (Fsp3) is 0.583. The summed E-state index contributed by atoms with van der Waals surface area (Å²) in [4.78, 5) is 4.27. The number of nitrogens with zero attached hydrogens (tertiary/aromatic N) is 1. The van der Waals surface area contributed by atoms with Gasteiger partial charge in [0.15, 0.2) is 0 Å². The Kier molecular flexibility index (Phi) is 3.79. The van der Waals surface area contributed by atoms with Crippen molar-refractivity contribution in [3.8, 4) is 0 Å². The van der Waals surface area contributed by atoms with Crippen LogP contribution in [0.2, 0.25) is 5.02 Å². The number of hydrogen-bond acceptors (Lipinski definition) is 3. The topological polar surface area (TPSA) is 34.1 Å². The Morgan fingerprint density at radius 3 is 3.00 bits per heavy atom. The van der Waals surface area contributed by atoms with E-state index in [9.17, 15) is 0 Å². The van der Waals surface area contributed by atoms with Crippen LogP contribution in [-0.4, -0.2) is 18.1 Å². The third-order valence-corrected chi connectivity index (χ3v) is 3.22. The van der Waals surface area contributed by atoms with Crippen LogP contribution in [0.5, 0.6) is 0 Å². The normalized spacial score (nSPS) is 17.4. The number of rotatable bonds is 5. The Balaban J connectivity index is 2.07. The smallest absolute Gasteiger partial charge is 0.0962 e. The maximum Gasteiger partial charge on any atom is 0.0962 e. The molecule has 1 saturated carbocycles. The van der Waals surface area contributed by atoms with Crippen LogP contribution < -0.4 is 5.32 Å². The third kappa shape index (κ3) is 2.94. The maximum atomic E-state index is 6.10. The van der Waals surface area contributed by atoms with E-state index >= 15 is 0 Å². The first-order valence-electron chi connectivity index (χ1n) is 5.61. The van der Waals surface area contributed by atoms with E-state index in [1.165, 1.54) is 12.8 Å². The van der Waals surface area contributed by atoms with Crippen LogP contribution in [0.25, 0.3) is 0 Å². The summed E-state index contributed by atoms with van der Waals surface area (Å²) in [6.07, 6.45) is 4.28. The van der Waals surface area contributed by atoms with Gasteiger partial charge in [-0.3, -0.25) is 4.98 Å². The van der Waals surface area contributed by atoms with Crippen molar-refractivity contribution in [2.45, 2.75) is 38.5 Å². The molecule has 4 heteroatoms. The molecule has 16 heavy (non-hydrogen) atoms. The van der Waals surface area contributed by atoms with E-state index in [1.54, 1.807) is 13.3 Å². The van der Waals surface area contributed by atoms with Crippen LogP contribution in [0.15, 0.2) is 12.3 Å².